The summed E-state index contributed by atoms with van der Waals surface area (Å²) in [5.41, 5.74) is 0. The van der Waals surface area contributed by atoms with Crippen molar-refractivity contribution in [3.05, 3.63) is 11.6 Å². The molecule has 1 aromatic heterocycles. The lowest BCUT2D eigenvalue weighted by atomic mass is 9.96. The van der Waals surface area contributed by atoms with Gasteiger partial charge in [-0.1, -0.05) is 0 Å². The van der Waals surface area contributed by atoms with E-state index < -0.39 is 21.7 Å². The van der Waals surface area contributed by atoms with Gasteiger partial charge in [0.25, 0.3) is 0 Å². The highest BCUT2D eigenvalue weighted by molar-refractivity contribution is 7.91. The number of hydrogen-bond acceptors (Lipinski definition) is 5. The molecule has 116 valence electrons. The quantitative estimate of drug-likeness (QED) is 0.877. The van der Waals surface area contributed by atoms with E-state index >= 15 is 0 Å². The Balaban J connectivity index is 1.75. The summed E-state index contributed by atoms with van der Waals surface area (Å²) >= 11 is 0. The van der Waals surface area contributed by atoms with Crippen LogP contribution in [-0.4, -0.2) is 45.8 Å². The number of fused-ring (bicyclic) bond motifs is 1. The Labute approximate surface area is 123 Å². The average Bonchev–Trinajstić information content (AvgIpc) is 2.84. The smallest absolute Gasteiger partial charge is 0.314 e. The number of hydrogen-bond donors (Lipinski definition) is 1. The van der Waals surface area contributed by atoms with Crippen LogP contribution in [0.2, 0.25) is 0 Å². The standard InChI is InChI=1S/C13H19N3O4S/c17-13(18)10-2-1-5-16-11(14-15-12(10)16)8-9-3-6-21(19,20)7-4-9/h9-10H,1-8H2,(H,17,18). The fourth-order valence-electron chi connectivity index (χ4n) is 3.22. The molecule has 3 heterocycles. The van der Waals surface area contributed by atoms with Crippen LogP contribution in [0.4, 0.5) is 0 Å². The van der Waals surface area contributed by atoms with Gasteiger partial charge in [0, 0.05) is 13.0 Å². The third-order valence-electron chi connectivity index (χ3n) is 4.49. The van der Waals surface area contributed by atoms with E-state index in [0.717, 1.165) is 18.8 Å². The van der Waals surface area contributed by atoms with Crippen LogP contribution in [0.1, 0.15) is 43.3 Å². The van der Waals surface area contributed by atoms with E-state index in [4.69, 9.17) is 0 Å². The molecule has 0 aromatic carbocycles. The van der Waals surface area contributed by atoms with Crippen LogP contribution in [0.25, 0.3) is 0 Å². The molecule has 0 spiro atoms. The van der Waals surface area contributed by atoms with E-state index in [0.29, 0.717) is 37.4 Å². The first-order chi connectivity index (χ1) is 9.96. The minimum Gasteiger partial charge on any atom is -0.481 e. The van der Waals surface area contributed by atoms with E-state index in [9.17, 15) is 18.3 Å². The molecule has 8 heteroatoms. The van der Waals surface area contributed by atoms with Gasteiger partial charge in [0.15, 0.2) is 0 Å². The molecule has 0 radical (unpaired) electrons. The first-order valence-corrected chi connectivity index (χ1v) is 9.13. The molecule has 1 aromatic rings. The predicted octanol–water partition coefficient (Wildman–Crippen LogP) is 0.607. The number of carboxylic acids is 1. The van der Waals surface area contributed by atoms with Gasteiger partial charge in [-0.3, -0.25) is 4.79 Å². The van der Waals surface area contributed by atoms with Gasteiger partial charge in [0.2, 0.25) is 0 Å². The second-order valence-corrected chi connectivity index (χ2v) is 8.26. The third-order valence-corrected chi connectivity index (χ3v) is 6.20. The van der Waals surface area contributed by atoms with Crippen molar-refractivity contribution in [2.45, 2.75) is 44.6 Å². The van der Waals surface area contributed by atoms with Gasteiger partial charge < -0.3 is 9.67 Å². The van der Waals surface area contributed by atoms with E-state index in [1.165, 1.54) is 0 Å². The molecule has 0 aliphatic carbocycles. The third kappa shape index (κ3) is 2.95. The van der Waals surface area contributed by atoms with Crippen molar-refractivity contribution in [3.63, 3.8) is 0 Å². The number of carboxylic acid groups (broad SMARTS) is 1. The molecule has 1 fully saturated rings. The number of nitrogens with zero attached hydrogens (tertiary/aromatic N) is 3. The first-order valence-electron chi connectivity index (χ1n) is 7.31. The van der Waals surface area contributed by atoms with Crippen LogP contribution in [0, 0.1) is 5.92 Å². The lowest BCUT2D eigenvalue weighted by Crippen LogP contribution is -2.27. The topological polar surface area (TPSA) is 102 Å². The average molecular weight is 313 g/mol. The molecule has 0 bridgehead atoms. The van der Waals surface area contributed by atoms with Gasteiger partial charge in [0.05, 0.1) is 11.5 Å². The van der Waals surface area contributed by atoms with Crippen molar-refractivity contribution in [3.8, 4) is 0 Å². The summed E-state index contributed by atoms with van der Waals surface area (Å²) in [7, 11) is -2.85. The highest BCUT2D eigenvalue weighted by Gasteiger charge is 2.32. The summed E-state index contributed by atoms with van der Waals surface area (Å²) in [6.45, 7) is 0.756. The summed E-state index contributed by atoms with van der Waals surface area (Å²) in [5.74, 6) is 0.733. The molecule has 7 nitrogen and oxygen atoms in total. The molecular weight excluding hydrogens is 294 g/mol. The van der Waals surface area contributed by atoms with E-state index in [-0.39, 0.29) is 11.5 Å². The maximum Gasteiger partial charge on any atom is 0.314 e. The Morgan fingerprint density at radius 3 is 2.62 bits per heavy atom. The summed E-state index contributed by atoms with van der Waals surface area (Å²) in [6.07, 6.45) is 3.43. The van der Waals surface area contributed by atoms with Gasteiger partial charge in [0.1, 0.15) is 27.4 Å². The van der Waals surface area contributed by atoms with E-state index in [2.05, 4.69) is 10.2 Å². The maximum absolute atomic E-state index is 11.5. The number of aliphatic carboxylic acids is 1. The molecule has 1 atom stereocenters. The van der Waals surface area contributed by atoms with E-state index in [1.54, 1.807) is 0 Å². The summed E-state index contributed by atoms with van der Waals surface area (Å²) in [5, 5.41) is 17.5. The minimum atomic E-state index is -2.85. The second-order valence-electron chi connectivity index (χ2n) is 5.96. The Morgan fingerprint density at radius 2 is 1.95 bits per heavy atom. The molecule has 2 aliphatic heterocycles. The largest absolute Gasteiger partial charge is 0.481 e. The summed E-state index contributed by atoms with van der Waals surface area (Å²) < 4.78 is 24.8. The highest BCUT2D eigenvalue weighted by atomic mass is 32.2. The van der Waals surface area contributed by atoms with Crippen LogP contribution >= 0.6 is 0 Å². The van der Waals surface area contributed by atoms with Crippen molar-refractivity contribution in [2.75, 3.05) is 11.5 Å². The van der Waals surface area contributed by atoms with Crippen molar-refractivity contribution in [1.29, 1.82) is 0 Å². The number of sulfone groups is 1. The lowest BCUT2D eigenvalue weighted by Gasteiger charge is -2.24. The predicted molar refractivity (Wildman–Crippen MR) is 74.7 cm³/mol. The Hall–Kier alpha value is -1.44. The molecule has 2 aliphatic rings. The van der Waals surface area contributed by atoms with Crippen molar-refractivity contribution in [1.82, 2.24) is 14.8 Å². The lowest BCUT2D eigenvalue weighted by molar-refractivity contribution is -0.139. The van der Waals surface area contributed by atoms with Gasteiger partial charge in [-0.25, -0.2) is 8.42 Å². The highest BCUT2D eigenvalue weighted by Crippen LogP contribution is 2.29. The molecule has 1 saturated heterocycles. The zero-order valence-corrected chi connectivity index (χ0v) is 12.5. The van der Waals surface area contributed by atoms with Crippen LogP contribution in [0.5, 0.6) is 0 Å². The normalized spacial score (nSPS) is 25.4. The maximum atomic E-state index is 11.5. The number of carbonyl (C=O) groups is 1. The van der Waals surface area contributed by atoms with Gasteiger partial charge in [-0.15, -0.1) is 10.2 Å². The molecule has 0 amide bonds. The van der Waals surface area contributed by atoms with Gasteiger partial charge >= 0.3 is 5.97 Å². The molecular formula is C13H19N3O4S. The van der Waals surface area contributed by atoms with Crippen LogP contribution in [0.15, 0.2) is 0 Å². The van der Waals surface area contributed by atoms with Crippen molar-refractivity contribution >= 4 is 15.8 Å². The molecule has 1 N–H and O–H groups in total. The summed E-state index contributed by atoms with van der Waals surface area (Å²) in [4.78, 5) is 11.2. The summed E-state index contributed by atoms with van der Waals surface area (Å²) in [6, 6.07) is 0. The SMILES string of the molecule is O=C(O)C1CCCn2c(CC3CCS(=O)(=O)CC3)nnc21. The second kappa shape index (κ2) is 5.40. The molecule has 21 heavy (non-hydrogen) atoms. The van der Waals surface area contributed by atoms with Crippen molar-refractivity contribution in [2.24, 2.45) is 5.92 Å². The zero-order chi connectivity index (χ0) is 15.0. The van der Waals surface area contributed by atoms with Crippen molar-refractivity contribution < 1.29 is 18.3 Å². The van der Waals surface area contributed by atoms with Crippen LogP contribution < -0.4 is 0 Å². The molecule has 1 unspecified atom stereocenters. The fourth-order valence-corrected chi connectivity index (χ4v) is 4.81. The fraction of sp³-hybridized carbons (Fsp3) is 0.769. The van der Waals surface area contributed by atoms with Crippen LogP contribution in [0.3, 0.4) is 0 Å². The molecule has 0 saturated carbocycles. The zero-order valence-electron chi connectivity index (χ0n) is 11.7. The Bertz CT molecular complexity index is 638. The monoisotopic (exact) mass is 313 g/mol. The van der Waals surface area contributed by atoms with Gasteiger partial charge in [-0.05, 0) is 31.6 Å². The number of rotatable bonds is 3. The molecule has 3 rings (SSSR count). The Kier molecular flexibility index (Phi) is 3.73. The first kappa shape index (κ1) is 14.5. The minimum absolute atomic E-state index is 0.246. The van der Waals surface area contributed by atoms with E-state index in [1.807, 2.05) is 4.57 Å². The van der Waals surface area contributed by atoms with Crippen LogP contribution in [-0.2, 0) is 27.6 Å². The Morgan fingerprint density at radius 1 is 1.24 bits per heavy atom. The van der Waals surface area contributed by atoms with Gasteiger partial charge in [-0.2, -0.15) is 0 Å². The number of aromatic nitrogens is 3.